The number of carbonyl (C=O) groups is 1. The van der Waals surface area contributed by atoms with E-state index in [4.69, 9.17) is 11.6 Å². The zero-order valence-electron chi connectivity index (χ0n) is 11.4. The predicted octanol–water partition coefficient (Wildman–Crippen LogP) is 3.44. The highest BCUT2D eigenvalue weighted by Gasteiger charge is 2.12. The van der Waals surface area contributed by atoms with Crippen molar-refractivity contribution in [3.8, 4) is 0 Å². The first-order chi connectivity index (χ1) is 9.69. The number of hydrogen-bond donors (Lipinski definition) is 0. The predicted molar refractivity (Wildman–Crippen MR) is 81.0 cm³/mol. The van der Waals surface area contributed by atoms with Crippen LogP contribution in [0.5, 0.6) is 0 Å². The number of rotatable bonds is 6. The molecule has 2 rings (SSSR count). The van der Waals surface area contributed by atoms with Gasteiger partial charge in [-0.1, -0.05) is 30.7 Å². The molecule has 1 heterocycles. The van der Waals surface area contributed by atoms with Crippen molar-refractivity contribution in [1.82, 2.24) is 9.88 Å². The molecule has 0 bridgehead atoms. The maximum Gasteiger partial charge on any atom is 0.176 e. The van der Waals surface area contributed by atoms with Crippen molar-refractivity contribution < 1.29 is 4.79 Å². The molecule has 0 aliphatic rings. The summed E-state index contributed by atoms with van der Waals surface area (Å²) in [5.41, 5.74) is 1.81. The van der Waals surface area contributed by atoms with Crippen molar-refractivity contribution in [2.75, 3.05) is 13.1 Å². The van der Waals surface area contributed by atoms with Gasteiger partial charge in [0.05, 0.1) is 6.54 Å². The molecular formula is C16H17ClN2O. The van der Waals surface area contributed by atoms with E-state index in [1.54, 1.807) is 36.7 Å². The van der Waals surface area contributed by atoms with Crippen LogP contribution in [0.2, 0.25) is 5.02 Å². The van der Waals surface area contributed by atoms with Crippen molar-refractivity contribution in [2.45, 2.75) is 13.5 Å². The van der Waals surface area contributed by atoms with E-state index in [0.29, 0.717) is 17.1 Å². The van der Waals surface area contributed by atoms with Gasteiger partial charge in [-0.05, 0) is 36.4 Å². The number of carbonyl (C=O) groups excluding carboxylic acids is 1. The average Bonchev–Trinajstić information content (AvgIpc) is 2.47. The highest BCUT2D eigenvalue weighted by Crippen LogP contribution is 2.12. The minimum Gasteiger partial charge on any atom is -0.293 e. The third kappa shape index (κ3) is 4.15. The zero-order valence-corrected chi connectivity index (χ0v) is 12.2. The lowest BCUT2D eigenvalue weighted by atomic mass is 10.1. The molecule has 0 saturated heterocycles. The molecule has 3 nitrogen and oxygen atoms in total. The van der Waals surface area contributed by atoms with Gasteiger partial charge in [0.1, 0.15) is 0 Å². The summed E-state index contributed by atoms with van der Waals surface area (Å²) in [5.74, 6) is 0.0865. The molecular weight excluding hydrogens is 272 g/mol. The standard InChI is InChI=1S/C16H17ClN2O/c1-2-19(11-13-6-8-18-9-7-13)12-16(20)14-4-3-5-15(17)10-14/h3-10H,2,11-12H2,1H3. The molecule has 4 heteroatoms. The Hall–Kier alpha value is -1.71. The SMILES string of the molecule is CCN(CC(=O)c1cccc(Cl)c1)Cc1ccncc1. The number of likely N-dealkylation sites (N-methyl/N-ethyl adjacent to an activating group) is 1. The van der Waals surface area contributed by atoms with Crippen molar-refractivity contribution in [2.24, 2.45) is 0 Å². The molecule has 104 valence electrons. The Balaban J connectivity index is 2.01. The van der Waals surface area contributed by atoms with Crippen LogP contribution in [0, 0.1) is 0 Å². The van der Waals surface area contributed by atoms with E-state index < -0.39 is 0 Å². The fourth-order valence-electron chi connectivity index (χ4n) is 1.98. The van der Waals surface area contributed by atoms with Gasteiger partial charge in [-0.15, -0.1) is 0 Å². The Bertz CT molecular complexity index is 572. The zero-order chi connectivity index (χ0) is 14.4. The number of hydrogen-bond acceptors (Lipinski definition) is 3. The second-order valence-electron chi connectivity index (χ2n) is 4.59. The van der Waals surface area contributed by atoms with Gasteiger partial charge in [-0.3, -0.25) is 14.7 Å². The van der Waals surface area contributed by atoms with E-state index in [0.717, 1.165) is 18.7 Å². The number of aromatic nitrogens is 1. The molecule has 0 radical (unpaired) electrons. The molecule has 1 aromatic heterocycles. The van der Waals surface area contributed by atoms with Crippen molar-refractivity contribution >= 4 is 17.4 Å². The molecule has 0 unspecified atom stereocenters. The molecule has 1 aromatic carbocycles. The molecule has 0 aliphatic heterocycles. The lowest BCUT2D eigenvalue weighted by molar-refractivity contribution is 0.0929. The van der Waals surface area contributed by atoms with Crippen LogP contribution in [-0.2, 0) is 6.54 Å². The van der Waals surface area contributed by atoms with Gasteiger partial charge >= 0.3 is 0 Å². The van der Waals surface area contributed by atoms with Gasteiger partial charge < -0.3 is 0 Å². The third-order valence-electron chi connectivity index (χ3n) is 3.12. The fourth-order valence-corrected chi connectivity index (χ4v) is 2.17. The minimum atomic E-state index is 0.0865. The molecule has 0 atom stereocenters. The monoisotopic (exact) mass is 288 g/mol. The molecule has 20 heavy (non-hydrogen) atoms. The molecule has 0 aliphatic carbocycles. The van der Waals surface area contributed by atoms with Crippen LogP contribution in [0.4, 0.5) is 0 Å². The quantitative estimate of drug-likeness (QED) is 0.764. The first-order valence-corrected chi connectivity index (χ1v) is 6.97. The number of nitrogens with zero attached hydrogens (tertiary/aromatic N) is 2. The summed E-state index contributed by atoms with van der Waals surface area (Å²) in [6.07, 6.45) is 3.53. The van der Waals surface area contributed by atoms with Gasteiger partial charge in [0.25, 0.3) is 0 Å². The first-order valence-electron chi connectivity index (χ1n) is 6.59. The molecule has 0 N–H and O–H groups in total. The van der Waals surface area contributed by atoms with Crippen molar-refractivity contribution in [3.63, 3.8) is 0 Å². The maximum atomic E-state index is 12.2. The summed E-state index contributed by atoms with van der Waals surface area (Å²) < 4.78 is 0. The van der Waals surface area contributed by atoms with Gasteiger partial charge in [-0.25, -0.2) is 0 Å². The summed E-state index contributed by atoms with van der Waals surface area (Å²) in [4.78, 5) is 18.3. The van der Waals surface area contributed by atoms with Crippen LogP contribution in [-0.4, -0.2) is 28.8 Å². The second-order valence-corrected chi connectivity index (χ2v) is 5.03. The van der Waals surface area contributed by atoms with E-state index in [1.165, 1.54) is 0 Å². The molecule has 0 amide bonds. The topological polar surface area (TPSA) is 33.2 Å². The normalized spacial score (nSPS) is 10.8. The first kappa shape index (κ1) is 14.7. The van der Waals surface area contributed by atoms with Gasteiger partial charge in [0, 0.05) is 29.5 Å². The van der Waals surface area contributed by atoms with Crippen LogP contribution >= 0.6 is 11.6 Å². The van der Waals surface area contributed by atoms with Crippen LogP contribution in [0.25, 0.3) is 0 Å². The van der Waals surface area contributed by atoms with E-state index >= 15 is 0 Å². The van der Waals surface area contributed by atoms with Crippen LogP contribution in [0.15, 0.2) is 48.8 Å². The van der Waals surface area contributed by atoms with Crippen LogP contribution in [0.1, 0.15) is 22.8 Å². The summed E-state index contributed by atoms with van der Waals surface area (Å²) in [6.45, 7) is 3.99. The largest absolute Gasteiger partial charge is 0.293 e. The molecule has 0 spiro atoms. The summed E-state index contributed by atoms with van der Waals surface area (Å²) >= 11 is 5.92. The number of ketones is 1. The molecule has 2 aromatic rings. The Kier molecular flexibility index (Phi) is 5.27. The lowest BCUT2D eigenvalue weighted by Gasteiger charge is -2.19. The van der Waals surface area contributed by atoms with E-state index in [2.05, 4.69) is 9.88 Å². The summed E-state index contributed by atoms with van der Waals surface area (Å²) in [6, 6.07) is 11.0. The smallest absolute Gasteiger partial charge is 0.176 e. The number of pyridine rings is 1. The highest BCUT2D eigenvalue weighted by molar-refractivity contribution is 6.31. The van der Waals surface area contributed by atoms with Gasteiger partial charge in [0.15, 0.2) is 5.78 Å². The number of benzene rings is 1. The third-order valence-corrected chi connectivity index (χ3v) is 3.35. The average molecular weight is 289 g/mol. The summed E-state index contributed by atoms with van der Waals surface area (Å²) in [5, 5.41) is 0.591. The molecule has 0 saturated carbocycles. The number of halogens is 1. The van der Waals surface area contributed by atoms with E-state index in [1.807, 2.05) is 19.1 Å². The van der Waals surface area contributed by atoms with Crippen LogP contribution < -0.4 is 0 Å². The van der Waals surface area contributed by atoms with Gasteiger partial charge in [0.2, 0.25) is 0 Å². The molecule has 0 fully saturated rings. The number of Topliss-reactive ketones (excluding diaryl/α,β-unsaturated/α-hetero) is 1. The van der Waals surface area contributed by atoms with E-state index in [-0.39, 0.29) is 5.78 Å². The van der Waals surface area contributed by atoms with Gasteiger partial charge in [-0.2, -0.15) is 0 Å². The van der Waals surface area contributed by atoms with E-state index in [9.17, 15) is 4.79 Å². The Morgan fingerprint density at radius 3 is 2.65 bits per heavy atom. The van der Waals surface area contributed by atoms with Crippen molar-refractivity contribution in [3.05, 3.63) is 64.9 Å². The Morgan fingerprint density at radius 2 is 2.00 bits per heavy atom. The highest BCUT2D eigenvalue weighted by atomic mass is 35.5. The lowest BCUT2D eigenvalue weighted by Crippen LogP contribution is -2.29. The summed E-state index contributed by atoms with van der Waals surface area (Å²) in [7, 11) is 0. The minimum absolute atomic E-state index is 0.0865. The second kappa shape index (κ2) is 7.17. The van der Waals surface area contributed by atoms with Crippen LogP contribution in [0.3, 0.4) is 0 Å². The fraction of sp³-hybridized carbons (Fsp3) is 0.250. The Labute approximate surface area is 124 Å². The van der Waals surface area contributed by atoms with Crippen molar-refractivity contribution in [1.29, 1.82) is 0 Å². The maximum absolute atomic E-state index is 12.2. The Morgan fingerprint density at radius 1 is 1.25 bits per heavy atom.